The predicted molar refractivity (Wildman–Crippen MR) is 62.6 cm³/mol. The third-order valence-electron chi connectivity index (χ3n) is 3.37. The van der Waals surface area contributed by atoms with Crippen molar-refractivity contribution in [2.45, 2.75) is 58.0 Å². The van der Waals surface area contributed by atoms with E-state index >= 15 is 0 Å². The van der Waals surface area contributed by atoms with Gasteiger partial charge in [-0.1, -0.05) is 20.3 Å². The molecule has 14 heavy (non-hydrogen) atoms. The van der Waals surface area contributed by atoms with Crippen LogP contribution in [0.3, 0.4) is 0 Å². The number of nitrogens with one attached hydrogen (secondary N) is 1. The summed E-state index contributed by atoms with van der Waals surface area (Å²) in [5.41, 5.74) is 0. The lowest BCUT2D eigenvalue weighted by Gasteiger charge is -2.36. The van der Waals surface area contributed by atoms with Crippen molar-refractivity contribution < 1.29 is 0 Å². The van der Waals surface area contributed by atoms with Gasteiger partial charge in [0.2, 0.25) is 0 Å². The average Bonchev–Trinajstić information content (AvgIpc) is 2.57. The number of hydrogen-bond donors (Lipinski definition) is 1. The molecule has 0 aromatic heterocycles. The van der Waals surface area contributed by atoms with Gasteiger partial charge >= 0.3 is 0 Å². The third kappa shape index (κ3) is 3.25. The Balaban J connectivity index is 0.000000461. The summed E-state index contributed by atoms with van der Waals surface area (Å²) in [5.74, 6) is 0. The molecule has 2 heteroatoms. The van der Waals surface area contributed by atoms with E-state index in [9.17, 15) is 0 Å². The van der Waals surface area contributed by atoms with Gasteiger partial charge in [-0.15, -0.1) is 0 Å². The SMILES string of the molecule is CC.CN(CC1CCCN1)C1CCC1. The van der Waals surface area contributed by atoms with Crippen LogP contribution in [0, 0.1) is 0 Å². The maximum Gasteiger partial charge on any atom is 0.0195 e. The van der Waals surface area contributed by atoms with Crippen molar-refractivity contribution >= 4 is 0 Å². The first-order chi connectivity index (χ1) is 6.86. The van der Waals surface area contributed by atoms with E-state index < -0.39 is 0 Å². The zero-order valence-corrected chi connectivity index (χ0v) is 10.1. The summed E-state index contributed by atoms with van der Waals surface area (Å²) in [6.45, 7) is 6.51. The van der Waals surface area contributed by atoms with Gasteiger partial charge in [-0.2, -0.15) is 0 Å². The molecule has 1 N–H and O–H groups in total. The molecular formula is C12H26N2. The highest BCUT2D eigenvalue weighted by atomic mass is 15.2. The molecule has 1 aliphatic heterocycles. The molecule has 1 saturated carbocycles. The molecule has 2 rings (SSSR count). The second kappa shape index (κ2) is 6.41. The first-order valence-corrected chi connectivity index (χ1v) is 6.30. The van der Waals surface area contributed by atoms with Crippen LogP contribution < -0.4 is 5.32 Å². The molecule has 2 fully saturated rings. The standard InChI is InChI=1S/C10H20N2.C2H6/c1-12(10-5-2-6-10)8-9-4-3-7-11-9;1-2/h9-11H,2-8H2,1H3;1-2H3. The van der Waals surface area contributed by atoms with Crippen molar-refractivity contribution in [3.05, 3.63) is 0 Å². The van der Waals surface area contributed by atoms with E-state index in [1.54, 1.807) is 0 Å². The molecule has 1 atom stereocenters. The van der Waals surface area contributed by atoms with Gasteiger partial charge in [0.15, 0.2) is 0 Å². The molecule has 0 bridgehead atoms. The van der Waals surface area contributed by atoms with Crippen molar-refractivity contribution in [1.29, 1.82) is 0 Å². The molecule has 1 saturated heterocycles. The Morgan fingerprint density at radius 1 is 1.14 bits per heavy atom. The molecular weight excluding hydrogens is 172 g/mol. The zero-order valence-electron chi connectivity index (χ0n) is 10.1. The normalized spacial score (nSPS) is 27.0. The fourth-order valence-corrected chi connectivity index (χ4v) is 2.24. The second-order valence-electron chi connectivity index (χ2n) is 4.32. The molecule has 0 spiro atoms. The second-order valence-corrected chi connectivity index (χ2v) is 4.32. The molecule has 0 aromatic rings. The quantitative estimate of drug-likeness (QED) is 0.748. The molecule has 1 unspecified atom stereocenters. The third-order valence-corrected chi connectivity index (χ3v) is 3.37. The number of rotatable bonds is 3. The lowest BCUT2D eigenvalue weighted by molar-refractivity contribution is 0.148. The van der Waals surface area contributed by atoms with Crippen molar-refractivity contribution in [1.82, 2.24) is 10.2 Å². The molecule has 1 heterocycles. The van der Waals surface area contributed by atoms with Crippen LogP contribution in [-0.4, -0.2) is 37.1 Å². The van der Waals surface area contributed by atoms with Gasteiger partial charge in [0, 0.05) is 18.6 Å². The van der Waals surface area contributed by atoms with Crippen LogP contribution in [0.4, 0.5) is 0 Å². The Labute approximate surface area is 89.1 Å². The van der Waals surface area contributed by atoms with E-state index in [2.05, 4.69) is 17.3 Å². The van der Waals surface area contributed by atoms with Crippen LogP contribution in [0.1, 0.15) is 46.0 Å². The van der Waals surface area contributed by atoms with E-state index in [-0.39, 0.29) is 0 Å². The minimum Gasteiger partial charge on any atom is -0.313 e. The summed E-state index contributed by atoms with van der Waals surface area (Å²) < 4.78 is 0. The Bertz CT molecular complexity index is 137. The first-order valence-electron chi connectivity index (χ1n) is 6.30. The number of hydrogen-bond acceptors (Lipinski definition) is 2. The van der Waals surface area contributed by atoms with Crippen LogP contribution in [-0.2, 0) is 0 Å². The minimum absolute atomic E-state index is 0.788. The van der Waals surface area contributed by atoms with E-state index in [1.807, 2.05) is 13.8 Å². The summed E-state index contributed by atoms with van der Waals surface area (Å²) in [6, 6.07) is 1.70. The van der Waals surface area contributed by atoms with Crippen LogP contribution in [0.25, 0.3) is 0 Å². The predicted octanol–water partition coefficient (Wildman–Crippen LogP) is 2.25. The van der Waals surface area contributed by atoms with Gasteiger partial charge in [-0.3, -0.25) is 0 Å². The summed E-state index contributed by atoms with van der Waals surface area (Å²) in [7, 11) is 2.28. The lowest BCUT2D eigenvalue weighted by Crippen LogP contribution is -2.43. The Morgan fingerprint density at radius 2 is 1.86 bits per heavy atom. The molecule has 0 aromatic carbocycles. The van der Waals surface area contributed by atoms with Crippen molar-refractivity contribution in [2.75, 3.05) is 20.1 Å². The van der Waals surface area contributed by atoms with Crippen molar-refractivity contribution in [3.8, 4) is 0 Å². The Hall–Kier alpha value is -0.0800. The number of nitrogens with zero attached hydrogens (tertiary/aromatic N) is 1. The molecule has 1 aliphatic carbocycles. The minimum atomic E-state index is 0.788. The van der Waals surface area contributed by atoms with E-state index in [0.717, 1.165) is 12.1 Å². The summed E-state index contributed by atoms with van der Waals surface area (Å²) >= 11 is 0. The van der Waals surface area contributed by atoms with Crippen LogP contribution in [0.2, 0.25) is 0 Å². The fourth-order valence-electron chi connectivity index (χ4n) is 2.24. The van der Waals surface area contributed by atoms with Crippen LogP contribution >= 0.6 is 0 Å². The molecule has 2 aliphatic rings. The largest absolute Gasteiger partial charge is 0.313 e. The highest BCUT2D eigenvalue weighted by Gasteiger charge is 2.24. The van der Waals surface area contributed by atoms with Gasteiger partial charge in [0.1, 0.15) is 0 Å². The molecule has 84 valence electrons. The zero-order chi connectivity index (χ0) is 10.4. The Morgan fingerprint density at radius 3 is 2.29 bits per heavy atom. The molecule has 2 nitrogen and oxygen atoms in total. The van der Waals surface area contributed by atoms with Gasteiger partial charge in [0.05, 0.1) is 0 Å². The van der Waals surface area contributed by atoms with E-state index in [4.69, 9.17) is 0 Å². The first kappa shape index (κ1) is 12.0. The van der Waals surface area contributed by atoms with Crippen molar-refractivity contribution in [3.63, 3.8) is 0 Å². The summed E-state index contributed by atoms with van der Waals surface area (Å²) in [4.78, 5) is 2.55. The van der Waals surface area contributed by atoms with Gasteiger partial charge in [-0.05, 0) is 39.3 Å². The summed E-state index contributed by atoms with van der Waals surface area (Å²) in [5, 5.41) is 3.55. The average molecular weight is 198 g/mol. The highest BCUT2D eigenvalue weighted by molar-refractivity contribution is 4.83. The number of likely N-dealkylation sites (N-methyl/N-ethyl adjacent to an activating group) is 1. The van der Waals surface area contributed by atoms with E-state index in [0.29, 0.717) is 0 Å². The topological polar surface area (TPSA) is 15.3 Å². The summed E-state index contributed by atoms with van der Waals surface area (Å²) in [6.07, 6.45) is 7.08. The monoisotopic (exact) mass is 198 g/mol. The maximum absolute atomic E-state index is 3.55. The maximum atomic E-state index is 3.55. The van der Waals surface area contributed by atoms with Gasteiger partial charge < -0.3 is 10.2 Å². The fraction of sp³-hybridized carbons (Fsp3) is 1.00. The Kier molecular flexibility index (Phi) is 5.49. The van der Waals surface area contributed by atoms with Crippen LogP contribution in [0.5, 0.6) is 0 Å². The van der Waals surface area contributed by atoms with Gasteiger partial charge in [0.25, 0.3) is 0 Å². The highest BCUT2D eigenvalue weighted by Crippen LogP contribution is 2.24. The van der Waals surface area contributed by atoms with Crippen molar-refractivity contribution in [2.24, 2.45) is 0 Å². The lowest BCUT2D eigenvalue weighted by atomic mass is 9.91. The smallest absolute Gasteiger partial charge is 0.0195 e. The van der Waals surface area contributed by atoms with Crippen LogP contribution in [0.15, 0.2) is 0 Å². The molecule has 0 amide bonds. The molecule has 0 radical (unpaired) electrons. The van der Waals surface area contributed by atoms with Gasteiger partial charge in [-0.25, -0.2) is 0 Å². The van der Waals surface area contributed by atoms with E-state index in [1.165, 1.54) is 45.2 Å².